The topological polar surface area (TPSA) is 49.4 Å². The van der Waals surface area contributed by atoms with Crippen molar-refractivity contribution in [2.24, 2.45) is 5.92 Å². The van der Waals surface area contributed by atoms with Crippen LogP contribution in [-0.2, 0) is 16.0 Å². The normalized spacial score (nSPS) is 24.1. The van der Waals surface area contributed by atoms with Gasteiger partial charge in [-0.2, -0.15) is 0 Å². The largest absolute Gasteiger partial charge is 0.353 e. The molecule has 1 aromatic carbocycles. The number of unbranched alkanes of at least 4 members (excludes halogenated alkanes) is 1. The first-order chi connectivity index (χ1) is 13.9. The highest BCUT2D eigenvalue weighted by atomic mass is 19.3. The number of nitrogens with one attached hydrogen (secondary N) is 1. The number of rotatable bonds is 7. The fourth-order valence-corrected chi connectivity index (χ4v) is 4.36. The van der Waals surface area contributed by atoms with Crippen molar-refractivity contribution >= 4 is 11.8 Å². The number of likely N-dealkylation sites (tertiary alicyclic amines) is 1. The van der Waals surface area contributed by atoms with Gasteiger partial charge in [0.05, 0.1) is 0 Å². The second-order valence-corrected chi connectivity index (χ2v) is 8.49. The zero-order valence-corrected chi connectivity index (χ0v) is 17.0. The van der Waals surface area contributed by atoms with Gasteiger partial charge in [0.1, 0.15) is 0 Å². The Morgan fingerprint density at radius 1 is 1.00 bits per heavy atom. The van der Waals surface area contributed by atoms with Crippen molar-refractivity contribution in [1.29, 1.82) is 0 Å². The molecule has 6 heteroatoms. The van der Waals surface area contributed by atoms with Crippen molar-refractivity contribution in [3.63, 3.8) is 0 Å². The van der Waals surface area contributed by atoms with Crippen LogP contribution in [0.2, 0.25) is 0 Å². The highest BCUT2D eigenvalue weighted by Crippen LogP contribution is 2.31. The molecule has 160 valence electrons. The molecule has 3 rings (SSSR count). The van der Waals surface area contributed by atoms with Crippen LogP contribution in [0.1, 0.15) is 63.4 Å². The summed E-state index contributed by atoms with van der Waals surface area (Å²) in [5, 5.41) is 3.10. The van der Waals surface area contributed by atoms with E-state index in [0.29, 0.717) is 6.42 Å². The van der Waals surface area contributed by atoms with E-state index < -0.39 is 5.92 Å². The molecule has 0 atom stereocenters. The van der Waals surface area contributed by atoms with Crippen LogP contribution >= 0.6 is 0 Å². The number of piperidine rings is 1. The molecule has 1 aromatic rings. The summed E-state index contributed by atoms with van der Waals surface area (Å²) in [6.07, 6.45) is 5.96. The fraction of sp³-hybridized carbons (Fsp3) is 0.652. The van der Waals surface area contributed by atoms with Gasteiger partial charge < -0.3 is 10.2 Å². The number of alkyl halides is 2. The molecule has 2 fully saturated rings. The van der Waals surface area contributed by atoms with Crippen molar-refractivity contribution in [2.75, 3.05) is 13.1 Å². The number of hydrogen-bond acceptors (Lipinski definition) is 2. The standard InChI is InChI=1S/C23H32F2N2O2/c24-23(25)14-16-27(17-15-23)22(29)19-10-12-20(13-11-19)26-21(28)9-5-4-8-18-6-2-1-3-7-18/h1-3,6-7,19-20H,4-5,8-17H2,(H,26,28). The van der Waals surface area contributed by atoms with Gasteiger partial charge in [-0.3, -0.25) is 9.59 Å². The predicted octanol–water partition coefficient (Wildman–Crippen LogP) is 4.33. The number of aryl methyl sites for hydroxylation is 1. The Kier molecular flexibility index (Phi) is 7.62. The monoisotopic (exact) mass is 406 g/mol. The van der Waals surface area contributed by atoms with Crippen molar-refractivity contribution in [1.82, 2.24) is 10.2 Å². The van der Waals surface area contributed by atoms with E-state index in [2.05, 4.69) is 17.4 Å². The Balaban J connectivity index is 1.30. The third-order valence-electron chi connectivity index (χ3n) is 6.21. The molecule has 1 saturated carbocycles. The summed E-state index contributed by atoms with van der Waals surface area (Å²) in [5.41, 5.74) is 1.30. The molecule has 29 heavy (non-hydrogen) atoms. The van der Waals surface area contributed by atoms with E-state index in [-0.39, 0.29) is 49.7 Å². The van der Waals surface area contributed by atoms with Crippen molar-refractivity contribution < 1.29 is 18.4 Å². The molecule has 0 bridgehead atoms. The lowest BCUT2D eigenvalue weighted by Crippen LogP contribution is -2.47. The van der Waals surface area contributed by atoms with Crippen LogP contribution in [-0.4, -0.2) is 41.8 Å². The van der Waals surface area contributed by atoms with Gasteiger partial charge in [-0.05, 0) is 50.5 Å². The van der Waals surface area contributed by atoms with E-state index in [1.807, 2.05) is 18.2 Å². The van der Waals surface area contributed by atoms with E-state index in [0.717, 1.165) is 44.9 Å². The van der Waals surface area contributed by atoms with Gasteiger partial charge in [-0.25, -0.2) is 8.78 Å². The van der Waals surface area contributed by atoms with Gasteiger partial charge in [0, 0.05) is 44.3 Å². The van der Waals surface area contributed by atoms with Gasteiger partial charge in [0.15, 0.2) is 0 Å². The minimum absolute atomic E-state index is 0.0196. The van der Waals surface area contributed by atoms with Crippen LogP contribution in [0.4, 0.5) is 8.78 Å². The first kappa shape index (κ1) is 21.7. The second kappa shape index (κ2) is 10.2. The van der Waals surface area contributed by atoms with Gasteiger partial charge >= 0.3 is 0 Å². The lowest BCUT2D eigenvalue weighted by atomic mass is 9.84. The summed E-state index contributed by atoms with van der Waals surface area (Å²) in [6, 6.07) is 10.4. The van der Waals surface area contributed by atoms with Gasteiger partial charge in [-0.15, -0.1) is 0 Å². The number of carbonyl (C=O) groups excluding carboxylic acids is 2. The maximum absolute atomic E-state index is 13.3. The highest BCUT2D eigenvalue weighted by molar-refractivity contribution is 5.79. The zero-order chi connectivity index (χ0) is 20.7. The lowest BCUT2D eigenvalue weighted by molar-refractivity contribution is -0.142. The van der Waals surface area contributed by atoms with Crippen molar-refractivity contribution in [3.05, 3.63) is 35.9 Å². The summed E-state index contributed by atoms with van der Waals surface area (Å²) in [4.78, 5) is 26.4. The Labute approximate surface area is 172 Å². The lowest BCUT2D eigenvalue weighted by Gasteiger charge is -2.36. The molecule has 4 nitrogen and oxygen atoms in total. The number of nitrogens with zero attached hydrogens (tertiary/aromatic N) is 1. The number of hydrogen-bond donors (Lipinski definition) is 1. The summed E-state index contributed by atoms with van der Waals surface area (Å²) in [7, 11) is 0. The molecular formula is C23H32F2N2O2. The number of halogens is 2. The van der Waals surface area contributed by atoms with Gasteiger partial charge in [-0.1, -0.05) is 30.3 Å². The maximum atomic E-state index is 13.3. The summed E-state index contributed by atoms with van der Waals surface area (Å²) in [5.74, 6) is -2.60. The maximum Gasteiger partial charge on any atom is 0.251 e. The molecule has 0 aromatic heterocycles. The van der Waals surface area contributed by atoms with Crippen LogP contribution in [0.15, 0.2) is 30.3 Å². The second-order valence-electron chi connectivity index (χ2n) is 8.49. The first-order valence-corrected chi connectivity index (χ1v) is 10.9. The quantitative estimate of drug-likeness (QED) is 0.685. The molecule has 1 N–H and O–H groups in total. The fourth-order valence-electron chi connectivity index (χ4n) is 4.36. The van der Waals surface area contributed by atoms with Crippen LogP contribution in [0.5, 0.6) is 0 Å². The molecule has 0 spiro atoms. The van der Waals surface area contributed by atoms with Crippen LogP contribution in [0.25, 0.3) is 0 Å². The molecule has 0 unspecified atom stereocenters. The van der Waals surface area contributed by atoms with E-state index in [9.17, 15) is 18.4 Å². The van der Waals surface area contributed by atoms with E-state index in [1.165, 1.54) is 5.56 Å². The zero-order valence-electron chi connectivity index (χ0n) is 17.0. The molecule has 0 radical (unpaired) electrons. The third-order valence-corrected chi connectivity index (χ3v) is 6.21. The van der Waals surface area contributed by atoms with Crippen molar-refractivity contribution in [2.45, 2.75) is 76.2 Å². The molecule has 2 aliphatic rings. The Hall–Kier alpha value is -1.98. The summed E-state index contributed by atoms with van der Waals surface area (Å²) >= 11 is 0. The Bertz CT molecular complexity index is 663. The van der Waals surface area contributed by atoms with Crippen molar-refractivity contribution in [3.8, 4) is 0 Å². The number of amides is 2. The molecule has 2 amide bonds. The minimum Gasteiger partial charge on any atom is -0.353 e. The Morgan fingerprint density at radius 2 is 1.66 bits per heavy atom. The SMILES string of the molecule is O=C(CCCCc1ccccc1)NC1CCC(C(=O)N2CCC(F)(F)CC2)CC1. The molecule has 1 aliphatic carbocycles. The molecule has 1 heterocycles. The summed E-state index contributed by atoms with van der Waals surface area (Å²) < 4.78 is 26.6. The molecule has 1 aliphatic heterocycles. The van der Waals surface area contributed by atoms with Crippen LogP contribution in [0, 0.1) is 5.92 Å². The third kappa shape index (κ3) is 6.79. The summed E-state index contributed by atoms with van der Waals surface area (Å²) in [6.45, 7) is 0.316. The minimum atomic E-state index is -2.63. The van der Waals surface area contributed by atoms with Gasteiger partial charge in [0.2, 0.25) is 11.8 Å². The number of carbonyl (C=O) groups is 2. The van der Waals surface area contributed by atoms with Gasteiger partial charge in [0.25, 0.3) is 5.92 Å². The van der Waals surface area contributed by atoms with Crippen LogP contribution < -0.4 is 5.32 Å². The molecular weight excluding hydrogens is 374 g/mol. The smallest absolute Gasteiger partial charge is 0.251 e. The average Bonchev–Trinajstić information content (AvgIpc) is 2.72. The Morgan fingerprint density at radius 3 is 2.31 bits per heavy atom. The van der Waals surface area contributed by atoms with E-state index >= 15 is 0 Å². The number of benzene rings is 1. The average molecular weight is 407 g/mol. The highest BCUT2D eigenvalue weighted by Gasteiger charge is 2.38. The predicted molar refractivity (Wildman–Crippen MR) is 109 cm³/mol. The van der Waals surface area contributed by atoms with Crippen LogP contribution in [0.3, 0.4) is 0 Å². The van der Waals surface area contributed by atoms with E-state index in [1.54, 1.807) is 4.90 Å². The molecule has 1 saturated heterocycles. The van der Waals surface area contributed by atoms with E-state index in [4.69, 9.17) is 0 Å². The first-order valence-electron chi connectivity index (χ1n) is 10.9.